The Bertz CT molecular complexity index is 893. The van der Waals surface area contributed by atoms with Crippen LogP contribution in [-0.4, -0.2) is 21.8 Å². The normalized spacial score (nSPS) is 21.5. The molecule has 0 radical (unpaired) electrons. The number of nitro benzene ring substituents is 1. The molecule has 1 aliphatic carbocycles. The summed E-state index contributed by atoms with van der Waals surface area (Å²) >= 11 is 0. The Morgan fingerprint density at radius 2 is 1.84 bits per heavy atom. The average Bonchev–Trinajstić information content (AvgIpc) is 3.09. The van der Waals surface area contributed by atoms with Crippen molar-refractivity contribution < 1.29 is 14.5 Å². The van der Waals surface area contributed by atoms with Crippen LogP contribution < -0.4 is 5.32 Å². The molecular formula is C18H15N3O4. The summed E-state index contributed by atoms with van der Waals surface area (Å²) in [7, 11) is 0. The van der Waals surface area contributed by atoms with Crippen molar-refractivity contribution in [1.29, 1.82) is 0 Å². The van der Waals surface area contributed by atoms with Gasteiger partial charge in [0, 0.05) is 12.1 Å². The lowest BCUT2D eigenvalue weighted by Crippen LogP contribution is -2.41. The van der Waals surface area contributed by atoms with E-state index >= 15 is 0 Å². The van der Waals surface area contributed by atoms with E-state index in [2.05, 4.69) is 5.32 Å². The van der Waals surface area contributed by atoms with Crippen LogP contribution in [0.25, 0.3) is 0 Å². The number of nitro groups is 1. The monoisotopic (exact) mass is 337 g/mol. The van der Waals surface area contributed by atoms with Crippen LogP contribution in [0.3, 0.4) is 0 Å². The minimum absolute atomic E-state index is 0.0258. The summed E-state index contributed by atoms with van der Waals surface area (Å²) in [6, 6.07) is 13.1. The fourth-order valence-corrected chi connectivity index (χ4v) is 3.64. The van der Waals surface area contributed by atoms with Crippen molar-refractivity contribution in [2.45, 2.75) is 24.9 Å². The van der Waals surface area contributed by atoms with Crippen LogP contribution in [0.2, 0.25) is 0 Å². The van der Waals surface area contributed by atoms with Gasteiger partial charge in [0.15, 0.2) is 0 Å². The number of nitrogens with one attached hydrogen (secondary N) is 1. The Kier molecular flexibility index (Phi) is 3.31. The van der Waals surface area contributed by atoms with Crippen molar-refractivity contribution in [3.05, 3.63) is 75.3 Å². The third-order valence-electron chi connectivity index (χ3n) is 4.91. The van der Waals surface area contributed by atoms with Gasteiger partial charge in [-0.3, -0.25) is 19.8 Å². The number of benzene rings is 2. The molecule has 2 aliphatic rings. The molecule has 7 heteroatoms. The van der Waals surface area contributed by atoms with Gasteiger partial charge in [0.2, 0.25) is 0 Å². The molecule has 2 aromatic rings. The number of carbonyl (C=O) groups is 2. The molecule has 3 amide bonds. The zero-order valence-corrected chi connectivity index (χ0v) is 13.3. The number of nitrogens with zero attached hydrogens (tertiary/aromatic N) is 2. The van der Waals surface area contributed by atoms with Crippen molar-refractivity contribution >= 4 is 17.6 Å². The van der Waals surface area contributed by atoms with E-state index in [1.165, 1.54) is 17.0 Å². The largest absolute Gasteiger partial charge is 0.325 e. The standard InChI is InChI=1S/C18H15N3O4/c22-16-18(10-9-13-3-1-2-4-15(13)18)19-17(23)20(16)11-12-5-7-14(8-6-12)21(24)25/h1-8H,9-11H2,(H,19,23). The van der Waals surface area contributed by atoms with Gasteiger partial charge in [-0.15, -0.1) is 0 Å². The number of hydrogen-bond donors (Lipinski definition) is 1. The van der Waals surface area contributed by atoms with Gasteiger partial charge in [0.05, 0.1) is 11.5 Å². The highest BCUT2D eigenvalue weighted by Gasteiger charge is 2.55. The van der Waals surface area contributed by atoms with Gasteiger partial charge in [-0.05, 0) is 29.5 Å². The van der Waals surface area contributed by atoms with Crippen LogP contribution in [0, 0.1) is 10.1 Å². The highest BCUT2D eigenvalue weighted by Crippen LogP contribution is 2.41. The Balaban J connectivity index is 1.61. The molecule has 1 saturated heterocycles. The fourth-order valence-electron chi connectivity index (χ4n) is 3.64. The molecule has 0 aromatic heterocycles. The van der Waals surface area contributed by atoms with Crippen molar-refractivity contribution in [3.8, 4) is 0 Å². The van der Waals surface area contributed by atoms with Crippen LogP contribution in [0.1, 0.15) is 23.1 Å². The lowest BCUT2D eigenvalue weighted by molar-refractivity contribution is -0.384. The average molecular weight is 337 g/mol. The first-order valence-electron chi connectivity index (χ1n) is 7.97. The topological polar surface area (TPSA) is 92.6 Å². The molecule has 126 valence electrons. The van der Waals surface area contributed by atoms with E-state index in [4.69, 9.17) is 0 Å². The van der Waals surface area contributed by atoms with Crippen LogP contribution in [-0.2, 0) is 23.3 Å². The smallest absolute Gasteiger partial charge is 0.319 e. The molecule has 1 N–H and O–H groups in total. The molecular weight excluding hydrogens is 322 g/mol. The highest BCUT2D eigenvalue weighted by atomic mass is 16.6. The molecule has 4 rings (SSSR count). The second-order valence-corrected chi connectivity index (χ2v) is 6.31. The second kappa shape index (κ2) is 5.41. The number of non-ortho nitro benzene ring substituents is 1. The summed E-state index contributed by atoms with van der Waals surface area (Å²) in [5, 5.41) is 13.6. The number of aryl methyl sites for hydroxylation is 1. The minimum Gasteiger partial charge on any atom is -0.319 e. The lowest BCUT2D eigenvalue weighted by Gasteiger charge is -2.22. The summed E-state index contributed by atoms with van der Waals surface area (Å²) in [4.78, 5) is 36.9. The van der Waals surface area contributed by atoms with Gasteiger partial charge >= 0.3 is 6.03 Å². The third kappa shape index (κ3) is 2.27. The van der Waals surface area contributed by atoms with Crippen molar-refractivity contribution in [3.63, 3.8) is 0 Å². The third-order valence-corrected chi connectivity index (χ3v) is 4.91. The Hall–Kier alpha value is -3.22. The first-order valence-corrected chi connectivity index (χ1v) is 7.97. The zero-order chi connectivity index (χ0) is 17.6. The number of carbonyl (C=O) groups excluding carboxylic acids is 2. The maximum atomic E-state index is 13.0. The number of rotatable bonds is 3. The SMILES string of the molecule is O=C1NC2(CCc3ccccc32)C(=O)N1Cc1ccc([N+](=O)[O-])cc1. The van der Waals surface area contributed by atoms with E-state index in [0.29, 0.717) is 12.0 Å². The number of amides is 3. The summed E-state index contributed by atoms with van der Waals surface area (Å²) in [5.74, 6) is -0.263. The maximum absolute atomic E-state index is 13.0. The molecule has 25 heavy (non-hydrogen) atoms. The maximum Gasteiger partial charge on any atom is 0.325 e. The molecule has 1 unspecified atom stereocenters. The lowest BCUT2D eigenvalue weighted by atomic mass is 9.92. The van der Waals surface area contributed by atoms with Crippen LogP contribution >= 0.6 is 0 Å². The van der Waals surface area contributed by atoms with E-state index < -0.39 is 16.5 Å². The molecule has 1 aliphatic heterocycles. The summed E-state index contributed by atoms with van der Waals surface area (Å²) in [6.45, 7) is 0.0899. The van der Waals surface area contributed by atoms with E-state index in [1.54, 1.807) is 12.1 Å². The van der Waals surface area contributed by atoms with E-state index in [0.717, 1.165) is 17.5 Å². The Morgan fingerprint density at radius 1 is 1.12 bits per heavy atom. The van der Waals surface area contributed by atoms with Gasteiger partial charge in [-0.25, -0.2) is 4.79 Å². The first kappa shape index (κ1) is 15.3. The number of hydrogen-bond acceptors (Lipinski definition) is 4. The predicted molar refractivity (Wildman–Crippen MR) is 88.6 cm³/mol. The van der Waals surface area contributed by atoms with Gasteiger partial charge in [-0.1, -0.05) is 36.4 Å². The number of urea groups is 1. The van der Waals surface area contributed by atoms with Crippen molar-refractivity contribution in [2.75, 3.05) is 0 Å². The zero-order valence-electron chi connectivity index (χ0n) is 13.3. The van der Waals surface area contributed by atoms with Gasteiger partial charge < -0.3 is 5.32 Å². The first-order chi connectivity index (χ1) is 12.0. The van der Waals surface area contributed by atoms with Crippen molar-refractivity contribution in [1.82, 2.24) is 10.2 Å². The molecule has 1 heterocycles. The second-order valence-electron chi connectivity index (χ2n) is 6.31. The molecule has 1 fully saturated rings. The predicted octanol–water partition coefficient (Wildman–Crippen LogP) is 2.49. The summed E-state index contributed by atoms with van der Waals surface area (Å²) in [5.41, 5.74) is 1.60. The van der Waals surface area contributed by atoms with E-state index in [9.17, 15) is 19.7 Å². The van der Waals surface area contributed by atoms with Crippen LogP contribution in [0.5, 0.6) is 0 Å². The molecule has 2 aromatic carbocycles. The molecule has 1 atom stereocenters. The van der Waals surface area contributed by atoms with E-state index in [-0.39, 0.29) is 18.1 Å². The summed E-state index contributed by atoms with van der Waals surface area (Å²) < 4.78 is 0. The van der Waals surface area contributed by atoms with Crippen LogP contribution in [0.4, 0.5) is 10.5 Å². The van der Waals surface area contributed by atoms with Gasteiger partial charge in [0.25, 0.3) is 11.6 Å². The molecule has 1 spiro atoms. The fraction of sp³-hybridized carbons (Fsp3) is 0.222. The molecule has 0 saturated carbocycles. The van der Waals surface area contributed by atoms with Crippen molar-refractivity contribution in [2.24, 2.45) is 0 Å². The molecule has 7 nitrogen and oxygen atoms in total. The molecule has 0 bridgehead atoms. The minimum atomic E-state index is -0.978. The number of imide groups is 1. The van der Waals surface area contributed by atoms with Crippen LogP contribution in [0.15, 0.2) is 48.5 Å². The van der Waals surface area contributed by atoms with Gasteiger partial charge in [-0.2, -0.15) is 0 Å². The van der Waals surface area contributed by atoms with E-state index in [1.807, 2.05) is 24.3 Å². The number of fused-ring (bicyclic) bond motifs is 2. The Labute approximate surface area is 143 Å². The Morgan fingerprint density at radius 3 is 2.56 bits per heavy atom. The summed E-state index contributed by atoms with van der Waals surface area (Å²) in [6.07, 6.45) is 1.29. The van der Waals surface area contributed by atoms with Gasteiger partial charge in [0.1, 0.15) is 5.54 Å². The quantitative estimate of drug-likeness (QED) is 0.529. The highest BCUT2D eigenvalue weighted by molar-refractivity contribution is 6.08.